The van der Waals surface area contributed by atoms with Crippen LogP contribution in [0.5, 0.6) is 5.75 Å². The van der Waals surface area contributed by atoms with Crippen molar-refractivity contribution in [3.8, 4) is 5.75 Å². The molecule has 0 amide bonds. The smallest absolute Gasteiger partial charge is 0.261 e. The Kier molecular flexibility index (Phi) is 4.92. The van der Waals surface area contributed by atoms with Crippen LogP contribution in [0, 0.1) is 0 Å². The van der Waals surface area contributed by atoms with E-state index in [0.29, 0.717) is 37.7 Å². The number of nitrogens with one attached hydrogen (secondary N) is 1. The van der Waals surface area contributed by atoms with Gasteiger partial charge < -0.3 is 14.4 Å². The van der Waals surface area contributed by atoms with Crippen LogP contribution in [0.25, 0.3) is 0 Å². The maximum atomic E-state index is 12.6. The minimum absolute atomic E-state index is 0.230. The summed E-state index contributed by atoms with van der Waals surface area (Å²) < 4.78 is 38.6. The molecule has 0 atom stereocenters. The van der Waals surface area contributed by atoms with Crippen molar-refractivity contribution >= 4 is 21.4 Å². The summed E-state index contributed by atoms with van der Waals surface area (Å²) >= 11 is 0. The largest absolute Gasteiger partial charge is 0.497 e. The van der Waals surface area contributed by atoms with Crippen molar-refractivity contribution < 1.29 is 17.9 Å². The Balaban J connectivity index is 1.95. The molecular formula is C17H20N2O4S. The van der Waals surface area contributed by atoms with Gasteiger partial charge in [-0.3, -0.25) is 4.72 Å². The molecule has 0 bridgehead atoms. The van der Waals surface area contributed by atoms with Gasteiger partial charge in [0, 0.05) is 19.2 Å². The molecule has 0 radical (unpaired) electrons. The standard InChI is InChI=1S/C17H20N2O4S/c1-22-14-7-8-16(17(13-14)19-9-11-23-12-10-19)18-24(20,21)15-5-3-2-4-6-15/h2-8,13,18H,9-12H2,1H3. The molecule has 1 N–H and O–H groups in total. The summed E-state index contributed by atoms with van der Waals surface area (Å²) in [7, 11) is -2.05. The fraction of sp³-hybridized carbons (Fsp3) is 0.294. The van der Waals surface area contributed by atoms with Crippen LogP contribution < -0.4 is 14.4 Å². The number of sulfonamides is 1. The Hall–Kier alpha value is -2.25. The Morgan fingerprint density at radius 3 is 2.46 bits per heavy atom. The predicted molar refractivity (Wildman–Crippen MR) is 93.3 cm³/mol. The normalized spacial score (nSPS) is 15.1. The van der Waals surface area contributed by atoms with Crippen molar-refractivity contribution in [3.05, 3.63) is 48.5 Å². The van der Waals surface area contributed by atoms with Crippen LogP contribution in [0.15, 0.2) is 53.4 Å². The quantitative estimate of drug-likeness (QED) is 0.898. The third kappa shape index (κ3) is 3.63. The molecule has 6 nitrogen and oxygen atoms in total. The lowest BCUT2D eigenvalue weighted by molar-refractivity contribution is 0.122. The van der Waals surface area contributed by atoms with Crippen LogP contribution in [-0.2, 0) is 14.8 Å². The molecule has 128 valence electrons. The monoisotopic (exact) mass is 348 g/mol. The number of rotatable bonds is 5. The lowest BCUT2D eigenvalue weighted by atomic mass is 10.2. The highest BCUT2D eigenvalue weighted by atomic mass is 32.2. The molecule has 1 heterocycles. The van der Waals surface area contributed by atoms with Crippen molar-refractivity contribution in [1.82, 2.24) is 0 Å². The molecule has 2 aromatic carbocycles. The number of hydrogen-bond donors (Lipinski definition) is 1. The van der Waals surface area contributed by atoms with E-state index < -0.39 is 10.0 Å². The van der Waals surface area contributed by atoms with Gasteiger partial charge in [0.25, 0.3) is 10.0 Å². The SMILES string of the molecule is COc1ccc(NS(=O)(=O)c2ccccc2)c(N2CCOCC2)c1. The van der Waals surface area contributed by atoms with E-state index in [-0.39, 0.29) is 4.90 Å². The van der Waals surface area contributed by atoms with Gasteiger partial charge in [0.15, 0.2) is 0 Å². The minimum Gasteiger partial charge on any atom is -0.497 e. The van der Waals surface area contributed by atoms with Gasteiger partial charge in [0.05, 0.1) is 36.6 Å². The first kappa shape index (κ1) is 16.6. The average molecular weight is 348 g/mol. The van der Waals surface area contributed by atoms with E-state index in [1.807, 2.05) is 6.07 Å². The number of nitrogens with zero attached hydrogens (tertiary/aromatic N) is 1. The Labute approximate surface area is 142 Å². The predicted octanol–water partition coefficient (Wildman–Crippen LogP) is 2.33. The van der Waals surface area contributed by atoms with Crippen molar-refractivity contribution in [1.29, 1.82) is 0 Å². The molecule has 3 rings (SSSR count). The van der Waals surface area contributed by atoms with E-state index >= 15 is 0 Å². The van der Waals surface area contributed by atoms with E-state index in [2.05, 4.69) is 9.62 Å². The van der Waals surface area contributed by atoms with E-state index in [4.69, 9.17) is 9.47 Å². The third-order valence-electron chi connectivity index (χ3n) is 3.85. The third-order valence-corrected chi connectivity index (χ3v) is 5.24. The molecule has 1 aliphatic rings. The summed E-state index contributed by atoms with van der Waals surface area (Å²) in [6.07, 6.45) is 0. The first-order valence-electron chi connectivity index (χ1n) is 7.69. The maximum absolute atomic E-state index is 12.6. The van der Waals surface area contributed by atoms with Gasteiger partial charge in [0.2, 0.25) is 0 Å². The highest BCUT2D eigenvalue weighted by Crippen LogP contribution is 2.32. The second-order valence-corrected chi connectivity index (χ2v) is 7.08. The van der Waals surface area contributed by atoms with E-state index in [1.54, 1.807) is 49.6 Å². The summed E-state index contributed by atoms with van der Waals surface area (Å²) in [5.74, 6) is 0.680. The number of methoxy groups -OCH3 is 1. The Bertz CT molecular complexity index is 787. The van der Waals surface area contributed by atoms with E-state index in [0.717, 1.165) is 5.69 Å². The fourth-order valence-electron chi connectivity index (χ4n) is 2.59. The highest BCUT2D eigenvalue weighted by molar-refractivity contribution is 7.92. The van der Waals surface area contributed by atoms with Crippen molar-refractivity contribution in [2.24, 2.45) is 0 Å². The van der Waals surface area contributed by atoms with Gasteiger partial charge in [-0.2, -0.15) is 0 Å². The summed E-state index contributed by atoms with van der Waals surface area (Å²) in [4.78, 5) is 2.32. The van der Waals surface area contributed by atoms with Gasteiger partial charge in [-0.05, 0) is 24.3 Å². The molecular weight excluding hydrogens is 328 g/mol. The number of anilines is 2. The van der Waals surface area contributed by atoms with Crippen LogP contribution in [0.1, 0.15) is 0 Å². The Morgan fingerprint density at radius 2 is 1.79 bits per heavy atom. The molecule has 2 aromatic rings. The van der Waals surface area contributed by atoms with Gasteiger partial charge in [-0.1, -0.05) is 18.2 Å². The number of ether oxygens (including phenoxy) is 2. The zero-order valence-electron chi connectivity index (χ0n) is 13.4. The first-order valence-corrected chi connectivity index (χ1v) is 9.17. The van der Waals surface area contributed by atoms with E-state index in [1.165, 1.54) is 0 Å². The van der Waals surface area contributed by atoms with Crippen molar-refractivity contribution in [2.75, 3.05) is 43.0 Å². The summed E-state index contributed by atoms with van der Waals surface area (Å²) in [6.45, 7) is 2.63. The van der Waals surface area contributed by atoms with Crippen LogP contribution in [0.2, 0.25) is 0 Å². The molecule has 1 aliphatic heterocycles. The van der Waals surface area contributed by atoms with Gasteiger partial charge in [-0.15, -0.1) is 0 Å². The molecule has 24 heavy (non-hydrogen) atoms. The topological polar surface area (TPSA) is 67.9 Å². The number of morpholine rings is 1. The summed E-state index contributed by atoms with van der Waals surface area (Å²) in [5.41, 5.74) is 1.32. The first-order chi connectivity index (χ1) is 11.6. The van der Waals surface area contributed by atoms with E-state index in [9.17, 15) is 8.42 Å². The minimum atomic E-state index is -3.64. The zero-order chi connectivity index (χ0) is 17.0. The summed E-state index contributed by atoms with van der Waals surface area (Å²) in [5, 5.41) is 0. The molecule has 0 aromatic heterocycles. The van der Waals surface area contributed by atoms with Crippen LogP contribution >= 0.6 is 0 Å². The van der Waals surface area contributed by atoms with Gasteiger partial charge in [-0.25, -0.2) is 8.42 Å². The molecule has 0 unspecified atom stereocenters. The highest BCUT2D eigenvalue weighted by Gasteiger charge is 2.20. The second-order valence-electron chi connectivity index (χ2n) is 5.40. The average Bonchev–Trinajstić information content (AvgIpc) is 2.63. The fourth-order valence-corrected chi connectivity index (χ4v) is 3.69. The summed E-state index contributed by atoms with van der Waals surface area (Å²) in [6, 6.07) is 13.6. The Morgan fingerprint density at radius 1 is 1.08 bits per heavy atom. The maximum Gasteiger partial charge on any atom is 0.261 e. The molecule has 7 heteroatoms. The number of hydrogen-bond acceptors (Lipinski definition) is 5. The van der Waals surface area contributed by atoms with Gasteiger partial charge >= 0.3 is 0 Å². The van der Waals surface area contributed by atoms with Crippen LogP contribution in [0.4, 0.5) is 11.4 Å². The number of benzene rings is 2. The molecule has 1 fully saturated rings. The molecule has 0 aliphatic carbocycles. The zero-order valence-corrected chi connectivity index (χ0v) is 14.3. The van der Waals surface area contributed by atoms with Gasteiger partial charge in [0.1, 0.15) is 5.75 Å². The molecule has 1 saturated heterocycles. The van der Waals surface area contributed by atoms with Crippen LogP contribution in [-0.4, -0.2) is 41.8 Å². The second kappa shape index (κ2) is 7.11. The van der Waals surface area contributed by atoms with Crippen molar-refractivity contribution in [2.45, 2.75) is 4.90 Å². The van der Waals surface area contributed by atoms with Crippen molar-refractivity contribution in [3.63, 3.8) is 0 Å². The lowest BCUT2D eigenvalue weighted by Gasteiger charge is -2.31. The van der Waals surface area contributed by atoms with Crippen LogP contribution in [0.3, 0.4) is 0 Å². The molecule has 0 saturated carbocycles. The lowest BCUT2D eigenvalue weighted by Crippen LogP contribution is -2.36. The molecule has 0 spiro atoms.